The first-order chi connectivity index (χ1) is 17.7. The summed E-state index contributed by atoms with van der Waals surface area (Å²) in [6.07, 6.45) is 5.32. The van der Waals surface area contributed by atoms with E-state index >= 15 is 0 Å². The number of hydrogen-bond donors (Lipinski definition) is 2. The second kappa shape index (κ2) is 10.6. The summed E-state index contributed by atoms with van der Waals surface area (Å²) < 4.78 is 8.03. The Balaban J connectivity index is 1.52. The van der Waals surface area contributed by atoms with Crippen molar-refractivity contribution in [3.05, 3.63) is 45.4 Å². The van der Waals surface area contributed by atoms with Crippen molar-refractivity contribution < 1.29 is 19.2 Å². The molecule has 2 atom stereocenters. The number of amides is 1. The van der Waals surface area contributed by atoms with E-state index in [1.807, 2.05) is 30.5 Å². The van der Waals surface area contributed by atoms with Gasteiger partial charge in [0.05, 0.1) is 27.5 Å². The predicted molar refractivity (Wildman–Crippen MR) is 141 cm³/mol. The lowest BCUT2D eigenvalue weighted by atomic mass is 9.86. The summed E-state index contributed by atoms with van der Waals surface area (Å²) in [5.74, 6) is 0.00233. The number of hydrogen-bond acceptors (Lipinski definition) is 7. The Kier molecular flexibility index (Phi) is 7.42. The smallest absolute Gasteiger partial charge is 0.354 e. The number of piperidine rings is 1. The third-order valence-corrected chi connectivity index (χ3v) is 8.91. The second-order valence-electron chi connectivity index (χ2n) is 10.3. The SMILES string of the molecule is CC(C)N1CCC(c2nc(C3CCCC3)n(Cc3cc(-c4ccc(Cl)s4)on3)c2C(=O)O)CC1C(N)=O. The molecule has 1 amide bonds. The van der Waals surface area contributed by atoms with E-state index < -0.39 is 12.0 Å². The Labute approximate surface area is 224 Å². The van der Waals surface area contributed by atoms with Gasteiger partial charge in [-0.3, -0.25) is 9.69 Å². The fourth-order valence-corrected chi connectivity index (χ4v) is 6.89. The number of rotatable bonds is 8. The van der Waals surface area contributed by atoms with Crippen LogP contribution in [0.15, 0.2) is 22.7 Å². The molecule has 37 heavy (non-hydrogen) atoms. The molecule has 11 heteroatoms. The second-order valence-corrected chi connectivity index (χ2v) is 12.0. The molecule has 0 radical (unpaired) electrons. The highest BCUT2D eigenvalue weighted by atomic mass is 35.5. The standard InChI is InChI=1S/C26H32ClN5O4S/c1-14(2)31-10-9-16(11-18(31)24(28)33)22-23(26(34)35)32(25(29-22)15-5-3-4-6-15)13-17-12-19(36-30-17)20-7-8-21(27)37-20/h7-8,12,14-16,18H,3-6,9-11,13H2,1-2H3,(H2,28,33)(H,34,35). The number of aromatic nitrogens is 3. The first-order valence-electron chi connectivity index (χ1n) is 12.8. The molecule has 3 N–H and O–H groups in total. The van der Waals surface area contributed by atoms with E-state index in [1.54, 1.807) is 6.07 Å². The number of carbonyl (C=O) groups is 2. The first kappa shape index (κ1) is 25.9. The van der Waals surface area contributed by atoms with Crippen molar-refractivity contribution in [3.8, 4) is 10.6 Å². The van der Waals surface area contributed by atoms with Crippen LogP contribution in [-0.4, -0.2) is 55.2 Å². The van der Waals surface area contributed by atoms with Crippen LogP contribution >= 0.6 is 22.9 Å². The van der Waals surface area contributed by atoms with Crippen molar-refractivity contribution in [3.63, 3.8) is 0 Å². The summed E-state index contributed by atoms with van der Waals surface area (Å²) in [4.78, 5) is 33.0. The number of nitrogens with zero attached hydrogens (tertiary/aromatic N) is 4. The van der Waals surface area contributed by atoms with Crippen LogP contribution in [0.5, 0.6) is 0 Å². The maximum atomic E-state index is 12.7. The Morgan fingerprint density at radius 3 is 2.62 bits per heavy atom. The number of nitrogens with two attached hydrogens (primary N) is 1. The molecule has 1 aliphatic carbocycles. The Morgan fingerprint density at radius 2 is 2.00 bits per heavy atom. The molecule has 0 bridgehead atoms. The van der Waals surface area contributed by atoms with E-state index in [4.69, 9.17) is 26.8 Å². The van der Waals surface area contributed by atoms with Crippen LogP contribution in [0.1, 0.15) is 91.9 Å². The minimum Gasteiger partial charge on any atom is -0.477 e. The van der Waals surface area contributed by atoms with Crippen LogP contribution in [0.25, 0.3) is 10.6 Å². The van der Waals surface area contributed by atoms with Crippen LogP contribution in [0.4, 0.5) is 0 Å². The van der Waals surface area contributed by atoms with Gasteiger partial charge in [0.2, 0.25) is 5.91 Å². The fourth-order valence-electron chi connectivity index (χ4n) is 5.90. The number of likely N-dealkylation sites (tertiary alicyclic amines) is 1. The van der Waals surface area contributed by atoms with Crippen molar-refractivity contribution in [2.45, 2.75) is 82.8 Å². The van der Waals surface area contributed by atoms with Crippen molar-refractivity contribution in [2.75, 3.05) is 6.54 Å². The zero-order valence-corrected chi connectivity index (χ0v) is 22.6. The van der Waals surface area contributed by atoms with E-state index in [2.05, 4.69) is 10.1 Å². The average molecular weight is 546 g/mol. The Hall–Kier alpha value is -2.69. The van der Waals surface area contributed by atoms with E-state index in [-0.39, 0.29) is 36.0 Å². The summed E-state index contributed by atoms with van der Waals surface area (Å²) in [5.41, 5.74) is 7.12. The molecular formula is C26H32ClN5O4S. The molecule has 2 aliphatic rings. The largest absolute Gasteiger partial charge is 0.477 e. The lowest BCUT2D eigenvalue weighted by molar-refractivity contribution is -0.125. The van der Waals surface area contributed by atoms with Crippen molar-refractivity contribution in [1.82, 2.24) is 19.6 Å². The lowest BCUT2D eigenvalue weighted by Gasteiger charge is -2.39. The molecular weight excluding hydrogens is 514 g/mol. The number of imidazole rings is 1. The molecule has 1 saturated carbocycles. The maximum Gasteiger partial charge on any atom is 0.354 e. The van der Waals surface area contributed by atoms with Crippen LogP contribution in [0.3, 0.4) is 0 Å². The van der Waals surface area contributed by atoms with Gasteiger partial charge in [-0.05, 0) is 58.2 Å². The summed E-state index contributed by atoms with van der Waals surface area (Å²) in [6.45, 7) is 4.99. The van der Waals surface area contributed by atoms with Crippen molar-refractivity contribution in [1.29, 1.82) is 0 Å². The van der Waals surface area contributed by atoms with Gasteiger partial charge >= 0.3 is 5.97 Å². The van der Waals surface area contributed by atoms with Gasteiger partial charge in [-0.15, -0.1) is 11.3 Å². The molecule has 1 saturated heterocycles. The zero-order chi connectivity index (χ0) is 26.3. The average Bonchev–Trinajstić information content (AvgIpc) is 3.65. The molecule has 3 aromatic rings. The van der Waals surface area contributed by atoms with Gasteiger partial charge in [0, 0.05) is 23.9 Å². The van der Waals surface area contributed by atoms with Gasteiger partial charge in [-0.1, -0.05) is 29.6 Å². The van der Waals surface area contributed by atoms with Gasteiger partial charge in [0.25, 0.3) is 0 Å². The molecule has 4 heterocycles. The molecule has 3 aromatic heterocycles. The van der Waals surface area contributed by atoms with E-state index in [0.29, 0.717) is 34.5 Å². The third kappa shape index (κ3) is 5.19. The quantitative estimate of drug-likeness (QED) is 0.403. The predicted octanol–water partition coefficient (Wildman–Crippen LogP) is 5.10. The van der Waals surface area contributed by atoms with Crippen LogP contribution in [0, 0.1) is 0 Å². The molecule has 2 fully saturated rings. The number of primary amides is 1. The minimum absolute atomic E-state index is 0.166. The van der Waals surface area contributed by atoms with E-state index in [0.717, 1.165) is 42.8 Å². The molecule has 0 spiro atoms. The normalized spacial score (nSPS) is 21.2. The van der Waals surface area contributed by atoms with Gasteiger partial charge in [0.1, 0.15) is 11.5 Å². The molecule has 2 unspecified atom stereocenters. The van der Waals surface area contributed by atoms with Gasteiger partial charge < -0.3 is 19.9 Å². The number of aromatic carboxylic acids is 1. The molecule has 198 valence electrons. The topological polar surface area (TPSA) is 127 Å². The first-order valence-corrected chi connectivity index (χ1v) is 14.0. The van der Waals surface area contributed by atoms with Gasteiger partial charge in [-0.2, -0.15) is 0 Å². The third-order valence-electron chi connectivity index (χ3n) is 7.66. The molecule has 0 aromatic carbocycles. The van der Waals surface area contributed by atoms with Crippen molar-refractivity contribution in [2.24, 2.45) is 5.73 Å². The summed E-state index contributed by atoms with van der Waals surface area (Å²) in [7, 11) is 0. The lowest BCUT2D eigenvalue weighted by Crippen LogP contribution is -2.52. The summed E-state index contributed by atoms with van der Waals surface area (Å²) >= 11 is 7.47. The van der Waals surface area contributed by atoms with Crippen molar-refractivity contribution >= 4 is 34.8 Å². The van der Waals surface area contributed by atoms with E-state index in [1.165, 1.54) is 11.3 Å². The number of thiophene rings is 1. The number of carboxylic acid groups (broad SMARTS) is 1. The van der Waals surface area contributed by atoms with Gasteiger partial charge in [-0.25, -0.2) is 9.78 Å². The highest BCUT2D eigenvalue weighted by molar-refractivity contribution is 7.19. The number of halogens is 1. The Bertz CT molecular complexity index is 1290. The van der Waals surface area contributed by atoms with Crippen LogP contribution in [0.2, 0.25) is 4.34 Å². The number of carboxylic acids is 1. The molecule has 9 nitrogen and oxygen atoms in total. The minimum atomic E-state index is -1.03. The Morgan fingerprint density at radius 1 is 1.24 bits per heavy atom. The highest BCUT2D eigenvalue weighted by Gasteiger charge is 2.39. The van der Waals surface area contributed by atoms with Crippen LogP contribution < -0.4 is 5.73 Å². The maximum absolute atomic E-state index is 12.7. The molecule has 1 aliphatic heterocycles. The van der Waals surface area contributed by atoms with Crippen LogP contribution in [-0.2, 0) is 11.3 Å². The summed E-state index contributed by atoms with van der Waals surface area (Å²) in [5, 5.41) is 14.6. The van der Waals surface area contributed by atoms with E-state index in [9.17, 15) is 14.7 Å². The monoisotopic (exact) mass is 545 g/mol. The summed E-state index contributed by atoms with van der Waals surface area (Å²) in [6, 6.07) is 5.23. The fraction of sp³-hybridized carbons (Fsp3) is 0.538. The highest BCUT2D eigenvalue weighted by Crippen LogP contribution is 2.40. The number of carbonyl (C=O) groups excluding carboxylic acids is 1. The molecule has 5 rings (SSSR count). The zero-order valence-electron chi connectivity index (χ0n) is 21.0. The van der Waals surface area contributed by atoms with Gasteiger partial charge in [0.15, 0.2) is 11.5 Å².